The molecule has 0 saturated heterocycles. The third-order valence-electron chi connectivity index (χ3n) is 2.78. The first-order valence-electron chi connectivity index (χ1n) is 7.65. The molecule has 1 rings (SSSR count). The number of carbonyl (C=O) groups excluding carboxylic acids is 2. The van der Waals surface area contributed by atoms with Crippen LogP contribution in [0.15, 0.2) is 6.07 Å². The molecule has 0 radical (unpaired) electrons. The molecule has 0 saturated carbocycles. The summed E-state index contributed by atoms with van der Waals surface area (Å²) in [4.78, 5) is 23.1. The third-order valence-corrected chi connectivity index (χ3v) is 2.78. The summed E-state index contributed by atoms with van der Waals surface area (Å²) in [6, 6.07) is 1.94. The van der Waals surface area contributed by atoms with Gasteiger partial charge < -0.3 is 20.7 Å². The van der Waals surface area contributed by atoms with Crippen molar-refractivity contribution in [3.05, 3.63) is 11.8 Å². The van der Waals surface area contributed by atoms with Crippen LogP contribution < -0.4 is 16.0 Å². The van der Waals surface area contributed by atoms with E-state index in [9.17, 15) is 9.59 Å². The molecule has 0 aliphatic rings. The molecule has 3 N–H and O–H groups in total. The van der Waals surface area contributed by atoms with E-state index in [2.05, 4.69) is 21.0 Å². The lowest BCUT2D eigenvalue weighted by atomic mass is 10.2. The summed E-state index contributed by atoms with van der Waals surface area (Å²) in [5, 5.41) is 12.7. The van der Waals surface area contributed by atoms with E-state index in [0.29, 0.717) is 13.1 Å². The maximum absolute atomic E-state index is 11.6. The van der Waals surface area contributed by atoms with Crippen molar-refractivity contribution >= 4 is 17.8 Å². The molecule has 0 unspecified atom stereocenters. The molecule has 0 aromatic carbocycles. The fourth-order valence-electron chi connectivity index (χ4n) is 1.85. The molecule has 1 aromatic heterocycles. The number of nitrogens with one attached hydrogen (secondary N) is 3. The lowest BCUT2D eigenvalue weighted by Crippen LogP contribution is -2.36. The highest BCUT2D eigenvalue weighted by Gasteiger charge is 2.15. The summed E-state index contributed by atoms with van der Waals surface area (Å²) < 4.78 is 6.83. The minimum Gasteiger partial charge on any atom is -0.444 e. The van der Waals surface area contributed by atoms with Crippen LogP contribution in [-0.2, 0) is 16.6 Å². The van der Waals surface area contributed by atoms with Gasteiger partial charge in [-0.1, -0.05) is 0 Å². The van der Waals surface area contributed by atoms with E-state index >= 15 is 0 Å². The number of hydrogen-bond donors (Lipinski definition) is 3. The molecule has 23 heavy (non-hydrogen) atoms. The van der Waals surface area contributed by atoms with Gasteiger partial charge in [0, 0.05) is 39.2 Å². The van der Waals surface area contributed by atoms with Crippen molar-refractivity contribution in [2.45, 2.75) is 39.7 Å². The van der Waals surface area contributed by atoms with Crippen molar-refractivity contribution in [3.8, 4) is 0 Å². The van der Waals surface area contributed by atoms with Gasteiger partial charge in [-0.05, 0) is 27.7 Å². The normalized spacial score (nSPS) is 11.0. The van der Waals surface area contributed by atoms with E-state index in [0.717, 1.165) is 11.5 Å². The monoisotopic (exact) mass is 325 g/mol. The van der Waals surface area contributed by atoms with Gasteiger partial charge in [-0.25, -0.2) is 4.79 Å². The molecular weight excluding hydrogens is 298 g/mol. The molecule has 1 aromatic rings. The Bertz CT molecular complexity index is 534. The Labute approximate surface area is 137 Å². The van der Waals surface area contributed by atoms with Crippen LogP contribution in [0.25, 0.3) is 0 Å². The summed E-state index contributed by atoms with van der Waals surface area (Å²) in [5.74, 6) is 0.785. The molecule has 1 heterocycles. The van der Waals surface area contributed by atoms with E-state index < -0.39 is 11.7 Å². The van der Waals surface area contributed by atoms with Crippen molar-refractivity contribution < 1.29 is 14.3 Å². The average Bonchev–Trinajstić information content (AvgIpc) is 2.71. The van der Waals surface area contributed by atoms with Gasteiger partial charge >= 0.3 is 6.09 Å². The van der Waals surface area contributed by atoms with E-state index in [-0.39, 0.29) is 18.9 Å². The second kappa shape index (κ2) is 8.40. The van der Waals surface area contributed by atoms with Gasteiger partial charge in [0.15, 0.2) is 0 Å². The summed E-state index contributed by atoms with van der Waals surface area (Å²) >= 11 is 0. The van der Waals surface area contributed by atoms with Gasteiger partial charge in [-0.2, -0.15) is 5.10 Å². The summed E-state index contributed by atoms with van der Waals surface area (Å²) in [5.41, 5.74) is 0.398. The van der Waals surface area contributed by atoms with E-state index in [4.69, 9.17) is 4.74 Å². The van der Waals surface area contributed by atoms with Crippen molar-refractivity contribution in [1.29, 1.82) is 0 Å². The molecule has 0 aliphatic heterocycles. The largest absolute Gasteiger partial charge is 0.444 e. The van der Waals surface area contributed by atoms with Crippen LogP contribution in [0.1, 0.15) is 32.9 Å². The second-order valence-corrected chi connectivity index (χ2v) is 6.25. The number of ether oxygens (including phenoxy) is 1. The molecule has 130 valence electrons. The van der Waals surface area contributed by atoms with Gasteiger partial charge in [-0.15, -0.1) is 0 Å². The molecule has 8 nitrogen and oxygen atoms in total. The average molecular weight is 325 g/mol. The van der Waals surface area contributed by atoms with E-state index in [1.54, 1.807) is 25.5 Å². The third kappa shape index (κ3) is 8.08. The molecule has 8 heteroatoms. The van der Waals surface area contributed by atoms with Gasteiger partial charge in [0.1, 0.15) is 11.4 Å². The number of amides is 2. The van der Waals surface area contributed by atoms with Crippen LogP contribution in [0.2, 0.25) is 0 Å². The van der Waals surface area contributed by atoms with Crippen LogP contribution >= 0.6 is 0 Å². The molecule has 0 spiro atoms. The number of carbonyl (C=O) groups is 2. The topological polar surface area (TPSA) is 97.3 Å². The number of aromatic nitrogens is 2. The van der Waals surface area contributed by atoms with Crippen molar-refractivity contribution in [3.63, 3.8) is 0 Å². The molecular formula is C15H27N5O3. The minimum absolute atomic E-state index is 0.121. The molecule has 0 bridgehead atoms. The number of aryl methyl sites for hydroxylation is 2. The van der Waals surface area contributed by atoms with Crippen LogP contribution in [0.3, 0.4) is 0 Å². The lowest BCUT2D eigenvalue weighted by Gasteiger charge is -2.19. The lowest BCUT2D eigenvalue weighted by molar-refractivity contribution is -0.120. The number of rotatable bonds is 7. The molecule has 0 fully saturated rings. The zero-order chi connectivity index (χ0) is 17.5. The molecule has 2 amide bonds. The Morgan fingerprint density at radius 1 is 1.22 bits per heavy atom. The van der Waals surface area contributed by atoms with Gasteiger partial charge in [0.2, 0.25) is 5.91 Å². The Kier molecular flexibility index (Phi) is 6.87. The Balaban J connectivity index is 2.11. The zero-order valence-electron chi connectivity index (χ0n) is 14.5. The SMILES string of the molecule is Cc1cc(NCCNC(=O)CCNC(=O)OC(C)(C)C)n(C)n1. The van der Waals surface area contributed by atoms with Crippen LogP contribution in [0, 0.1) is 6.92 Å². The standard InChI is InChI=1S/C15H27N5O3/c1-11-10-12(20(5)19-11)16-8-9-17-13(21)6-7-18-14(22)23-15(2,3)4/h10,16H,6-9H2,1-5H3,(H,17,21)(H,18,22). The number of anilines is 1. The predicted octanol–water partition coefficient (Wildman–Crippen LogP) is 1.17. The fourth-order valence-corrected chi connectivity index (χ4v) is 1.85. The van der Waals surface area contributed by atoms with Crippen molar-refractivity contribution in [2.75, 3.05) is 25.0 Å². The smallest absolute Gasteiger partial charge is 0.407 e. The Morgan fingerprint density at radius 3 is 2.48 bits per heavy atom. The number of hydrogen-bond acceptors (Lipinski definition) is 5. The van der Waals surface area contributed by atoms with Gasteiger partial charge in [0.25, 0.3) is 0 Å². The van der Waals surface area contributed by atoms with Crippen LogP contribution in [-0.4, -0.2) is 47.0 Å². The highest BCUT2D eigenvalue weighted by atomic mass is 16.6. The van der Waals surface area contributed by atoms with E-state index in [1.165, 1.54) is 0 Å². The fraction of sp³-hybridized carbons (Fsp3) is 0.667. The van der Waals surface area contributed by atoms with Crippen LogP contribution in [0.5, 0.6) is 0 Å². The van der Waals surface area contributed by atoms with E-state index in [1.807, 2.05) is 20.0 Å². The van der Waals surface area contributed by atoms with Gasteiger partial charge in [0.05, 0.1) is 5.69 Å². The Hall–Kier alpha value is -2.25. The van der Waals surface area contributed by atoms with Crippen molar-refractivity contribution in [2.24, 2.45) is 7.05 Å². The Morgan fingerprint density at radius 2 is 1.91 bits per heavy atom. The number of nitrogens with zero attached hydrogens (tertiary/aromatic N) is 2. The first-order chi connectivity index (χ1) is 10.7. The van der Waals surface area contributed by atoms with Gasteiger partial charge in [-0.3, -0.25) is 9.48 Å². The quantitative estimate of drug-likeness (QED) is 0.654. The first kappa shape index (κ1) is 18.8. The summed E-state index contributed by atoms with van der Waals surface area (Å²) in [6.07, 6.45) is -0.303. The summed E-state index contributed by atoms with van der Waals surface area (Å²) in [6.45, 7) is 8.63. The molecule has 0 atom stereocenters. The van der Waals surface area contributed by atoms with Crippen LogP contribution in [0.4, 0.5) is 10.6 Å². The zero-order valence-corrected chi connectivity index (χ0v) is 14.5. The summed E-state index contributed by atoms with van der Waals surface area (Å²) in [7, 11) is 1.86. The highest BCUT2D eigenvalue weighted by Crippen LogP contribution is 2.07. The predicted molar refractivity (Wildman–Crippen MR) is 88.3 cm³/mol. The second-order valence-electron chi connectivity index (χ2n) is 6.25. The maximum Gasteiger partial charge on any atom is 0.407 e. The first-order valence-corrected chi connectivity index (χ1v) is 7.65. The molecule has 0 aliphatic carbocycles. The maximum atomic E-state index is 11.6. The minimum atomic E-state index is -0.540. The van der Waals surface area contributed by atoms with Crippen molar-refractivity contribution in [1.82, 2.24) is 20.4 Å². The highest BCUT2D eigenvalue weighted by molar-refractivity contribution is 5.77. The number of alkyl carbamates (subject to hydrolysis) is 1.